The lowest BCUT2D eigenvalue weighted by Gasteiger charge is -2.28. The number of anilines is 2. The summed E-state index contributed by atoms with van der Waals surface area (Å²) in [5.74, 6) is 0.504. The number of H-pyrrole nitrogens is 1. The van der Waals surface area contributed by atoms with E-state index in [9.17, 15) is 0 Å². The maximum absolute atomic E-state index is 6.01. The highest BCUT2D eigenvalue weighted by Crippen LogP contribution is 2.32. The van der Waals surface area contributed by atoms with E-state index in [4.69, 9.17) is 5.73 Å². The van der Waals surface area contributed by atoms with Gasteiger partial charge >= 0.3 is 0 Å². The molecule has 0 radical (unpaired) electrons. The Balaban J connectivity index is 1.76. The number of nitrogens with two attached hydrogens (primary N) is 1. The number of aromatic nitrogens is 2. The molecule has 1 aromatic carbocycles. The van der Waals surface area contributed by atoms with Gasteiger partial charge in [0.05, 0.1) is 5.69 Å². The molecule has 6 nitrogen and oxygen atoms in total. The van der Waals surface area contributed by atoms with Crippen LogP contribution in [0.5, 0.6) is 0 Å². The van der Waals surface area contributed by atoms with Gasteiger partial charge < -0.3 is 26.3 Å². The number of nitrogen functional groups attached to an aromatic ring is 1. The van der Waals surface area contributed by atoms with Crippen LogP contribution in [0.25, 0.3) is 22.2 Å². The van der Waals surface area contributed by atoms with Crippen LogP contribution < -0.4 is 16.4 Å². The first-order valence-electron chi connectivity index (χ1n) is 9.69. The Morgan fingerprint density at radius 1 is 1.18 bits per heavy atom. The molecule has 2 heterocycles. The maximum atomic E-state index is 6.01. The van der Waals surface area contributed by atoms with Gasteiger partial charge in [-0.25, -0.2) is 4.98 Å². The number of fused-ring (bicyclic) bond motifs is 1. The topological polar surface area (TPSA) is 82.0 Å². The van der Waals surface area contributed by atoms with Crippen molar-refractivity contribution >= 4 is 22.4 Å². The van der Waals surface area contributed by atoms with E-state index in [2.05, 4.69) is 77.7 Å². The SMILES string of the molecule is CNc1c(-c2cc3cc(CNCC(C)(C)CN(C)C)ccc3[nH]2)ccnc1N. The third kappa shape index (κ3) is 4.64. The first-order chi connectivity index (χ1) is 13.3. The third-order valence-electron chi connectivity index (χ3n) is 4.88. The zero-order valence-corrected chi connectivity index (χ0v) is 17.6. The van der Waals surface area contributed by atoms with E-state index in [-0.39, 0.29) is 5.41 Å². The Kier molecular flexibility index (Phi) is 5.91. The highest BCUT2D eigenvalue weighted by molar-refractivity contribution is 5.91. The molecule has 0 amide bonds. The van der Waals surface area contributed by atoms with Crippen LogP contribution in [-0.4, -0.2) is 49.1 Å². The second-order valence-corrected chi connectivity index (χ2v) is 8.48. The zero-order valence-electron chi connectivity index (χ0n) is 17.6. The lowest BCUT2D eigenvalue weighted by atomic mass is 9.93. The molecular weight excluding hydrogens is 348 g/mol. The predicted molar refractivity (Wildman–Crippen MR) is 120 cm³/mol. The van der Waals surface area contributed by atoms with Gasteiger partial charge in [0.1, 0.15) is 5.82 Å². The molecule has 3 rings (SSSR count). The van der Waals surface area contributed by atoms with Crippen LogP contribution in [-0.2, 0) is 6.54 Å². The molecule has 0 aliphatic carbocycles. The zero-order chi connectivity index (χ0) is 20.3. The second kappa shape index (κ2) is 8.20. The lowest BCUT2D eigenvalue weighted by Crippen LogP contribution is -2.37. The van der Waals surface area contributed by atoms with Crippen LogP contribution in [0.4, 0.5) is 11.5 Å². The summed E-state index contributed by atoms with van der Waals surface area (Å²) in [7, 11) is 6.10. The minimum atomic E-state index is 0.236. The number of benzene rings is 1. The lowest BCUT2D eigenvalue weighted by molar-refractivity contribution is 0.232. The van der Waals surface area contributed by atoms with Gasteiger partial charge in [0.15, 0.2) is 0 Å². The summed E-state index contributed by atoms with van der Waals surface area (Å²) in [5.41, 5.74) is 11.5. The number of rotatable bonds is 8. The van der Waals surface area contributed by atoms with Crippen molar-refractivity contribution in [1.82, 2.24) is 20.2 Å². The van der Waals surface area contributed by atoms with Crippen LogP contribution in [0.3, 0.4) is 0 Å². The van der Waals surface area contributed by atoms with Crippen molar-refractivity contribution in [2.75, 3.05) is 45.3 Å². The van der Waals surface area contributed by atoms with Gasteiger partial charge in [-0.3, -0.25) is 0 Å². The van der Waals surface area contributed by atoms with Gasteiger partial charge in [-0.1, -0.05) is 19.9 Å². The molecular formula is C22H32N6. The Hall–Kier alpha value is -2.57. The fourth-order valence-corrected chi connectivity index (χ4v) is 3.86. The summed E-state index contributed by atoms with van der Waals surface area (Å²) in [5, 5.41) is 7.95. The van der Waals surface area contributed by atoms with Crippen molar-refractivity contribution in [2.24, 2.45) is 5.41 Å². The number of pyridine rings is 1. The standard InChI is InChI=1S/C22H32N6/c1-22(2,14-28(4)5)13-25-12-15-6-7-18-16(10-15)11-19(27-18)17-8-9-26-21(23)20(17)24-3/h6-11,24-25,27H,12-14H2,1-5H3,(H2,23,26). The molecule has 0 fully saturated rings. The Morgan fingerprint density at radius 3 is 2.68 bits per heavy atom. The highest BCUT2D eigenvalue weighted by atomic mass is 15.1. The quantitative estimate of drug-likeness (QED) is 0.481. The van der Waals surface area contributed by atoms with Crippen molar-refractivity contribution in [3.63, 3.8) is 0 Å². The van der Waals surface area contributed by atoms with E-state index in [1.54, 1.807) is 6.20 Å². The third-order valence-corrected chi connectivity index (χ3v) is 4.88. The van der Waals surface area contributed by atoms with Crippen LogP contribution in [0.2, 0.25) is 0 Å². The van der Waals surface area contributed by atoms with Crippen LogP contribution in [0, 0.1) is 5.41 Å². The molecule has 28 heavy (non-hydrogen) atoms. The molecule has 0 saturated heterocycles. The average Bonchev–Trinajstić information content (AvgIpc) is 3.03. The Morgan fingerprint density at radius 2 is 1.96 bits per heavy atom. The first kappa shape index (κ1) is 20.2. The first-order valence-corrected chi connectivity index (χ1v) is 9.69. The molecule has 0 saturated carbocycles. The molecule has 0 atom stereocenters. The summed E-state index contributed by atoms with van der Waals surface area (Å²) < 4.78 is 0. The van der Waals surface area contributed by atoms with Gasteiger partial charge in [-0.05, 0) is 49.3 Å². The molecule has 6 heteroatoms. The fourth-order valence-electron chi connectivity index (χ4n) is 3.86. The minimum Gasteiger partial charge on any atom is -0.385 e. The predicted octanol–water partition coefficient (Wildman–Crippen LogP) is 3.53. The van der Waals surface area contributed by atoms with Crippen molar-refractivity contribution < 1.29 is 0 Å². The highest BCUT2D eigenvalue weighted by Gasteiger charge is 2.18. The summed E-state index contributed by atoms with van der Waals surface area (Å²) >= 11 is 0. The summed E-state index contributed by atoms with van der Waals surface area (Å²) in [4.78, 5) is 9.90. The molecule has 2 aromatic heterocycles. The van der Waals surface area contributed by atoms with Gasteiger partial charge in [0.25, 0.3) is 0 Å². The molecule has 5 N–H and O–H groups in total. The average molecular weight is 381 g/mol. The molecule has 0 spiro atoms. The fraction of sp³-hybridized carbons (Fsp3) is 0.409. The largest absolute Gasteiger partial charge is 0.385 e. The molecule has 0 bridgehead atoms. The molecule has 0 aliphatic heterocycles. The van der Waals surface area contributed by atoms with Crippen molar-refractivity contribution in [1.29, 1.82) is 0 Å². The molecule has 150 valence electrons. The van der Waals surface area contributed by atoms with Crippen molar-refractivity contribution in [3.8, 4) is 11.3 Å². The van der Waals surface area contributed by atoms with Crippen LogP contribution >= 0.6 is 0 Å². The van der Waals surface area contributed by atoms with Gasteiger partial charge in [0.2, 0.25) is 0 Å². The van der Waals surface area contributed by atoms with E-state index >= 15 is 0 Å². The summed E-state index contributed by atoms with van der Waals surface area (Å²) in [6.45, 7) is 7.48. The molecule has 0 unspecified atom stereocenters. The number of nitrogens with zero attached hydrogens (tertiary/aromatic N) is 2. The Labute approximate surface area is 167 Å². The van der Waals surface area contributed by atoms with E-state index in [1.165, 1.54) is 10.9 Å². The van der Waals surface area contributed by atoms with E-state index in [1.807, 2.05) is 13.1 Å². The maximum Gasteiger partial charge on any atom is 0.147 e. The molecule has 0 aliphatic rings. The summed E-state index contributed by atoms with van der Waals surface area (Å²) in [6, 6.07) is 10.7. The van der Waals surface area contributed by atoms with Crippen LogP contribution in [0.15, 0.2) is 36.5 Å². The number of nitrogens with one attached hydrogen (secondary N) is 3. The van der Waals surface area contributed by atoms with Gasteiger partial charge in [0, 0.05) is 55.0 Å². The van der Waals surface area contributed by atoms with Crippen LogP contribution in [0.1, 0.15) is 19.4 Å². The van der Waals surface area contributed by atoms with Crippen molar-refractivity contribution in [3.05, 3.63) is 42.1 Å². The van der Waals surface area contributed by atoms with E-state index in [0.717, 1.165) is 42.1 Å². The number of hydrogen-bond donors (Lipinski definition) is 4. The minimum absolute atomic E-state index is 0.236. The number of hydrogen-bond acceptors (Lipinski definition) is 5. The second-order valence-electron chi connectivity index (χ2n) is 8.48. The Bertz CT molecular complexity index is 941. The van der Waals surface area contributed by atoms with E-state index in [0.29, 0.717) is 5.82 Å². The van der Waals surface area contributed by atoms with Crippen molar-refractivity contribution in [2.45, 2.75) is 20.4 Å². The molecule has 3 aromatic rings. The smallest absolute Gasteiger partial charge is 0.147 e. The van der Waals surface area contributed by atoms with Gasteiger partial charge in [-0.15, -0.1) is 0 Å². The normalized spacial score (nSPS) is 12.1. The number of aromatic amines is 1. The monoisotopic (exact) mass is 380 g/mol. The summed E-state index contributed by atoms with van der Waals surface area (Å²) in [6.07, 6.45) is 1.74. The van der Waals surface area contributed by atoms with Gasteiger partial charge in [-0.2, -0.15) is 0 Å². The van der Waals surface area contributed by atoms with E-state index < -0.39 is 0 Å².